The smallest absolute Gasteiger partial charge is 0.253 e. The highest BCUT2D eigenvalue weighted by Gasteiger charge is 2.10. The first-order chi connectivity index (χ1) is 10.1. The Kier molecular flexibility index (Phi) is 4.93. The Morgan fingerprint density at radius 2 is 1.90 bits per heavy atom. The fourth-order valence-electron chi connectivity index (χ4n) is 1.83. The number of carbonyl (C=O) groups excluding carboxylic acids is 1. The quantitative estimate of drug-likeness (QED) is 0.842. The lowest BCUT2D eigenvalue weighted by molar-refractivity contribution is 0.0802. The van der Waals surface area contributed by atoms with Crippen LogP contribution in [0.2, 0.25) is 0 Å². The summed E-state index contributed by atoms with van der Waals surface area (Å²) in [5, 5.41) is 0. The van der Waals surface area contributed by atoms with Crippen molar-refractivity contribution >= 4 is 5.91 Å². The van der Waals surface area contributed by atoms with E-state index in [2.05, 4.69) is 0 Å². The zero-order chi connectivity index (χ0) is 15.2. The number of nitrogens with zero attached hydrogens (tertiary/aromatic N) is 1. The van der Waals surface area contributed by atoms with Crippen molar-refractivity contribution in [2.45, 2.75) is 13.5 Å². The highest BCUT2D eigenvalue weighted by Crippen LogP contribution is 2.16. The monoisotopic (exact) mass is 287 g/mol. The molecule has 0 heterocycles. The molecule has 2 aromatic rings. The van der Waals surface area contributed by atoms with Gasteiger partial charge in [0.1, 0.15) is 18.2 Å². The fraction of sp³-hybridized carbons (Fsp3) is 0.235. The standard InChI is InChI=1S/C17H18FNO2/c1-3-19(2)17(20)14-5-4-6-16(11-14)21-12-13-7-9-15(18)10-8-13/h4-11H,3,12H2,1-2H3. The maximum atomic E-state index is 12.8. The number of amides is 1. The molecule has 0 radical (unpaired) electrons. The van der Waals surface area contributed by atoms with Crippen LogP contribution in [-0.4, -0.2) is 24.4 Å². The maximum Gasteiger partial charge on any atom is 0.253 e. The van der Waals surface area contributed by atoms with Crippen molar-refractivity contribution in [3.63, 3.8) is 0 Å². The molecule has 0 aliphatic heterocycles. The summed E-state index contributed by atoms with van der Waals surface area (Å²) in [5.74, 6) is 0.313. The number of ether oxygens (including phenoxy) is 1. The predicted molar refractivity (Wildman–Crippen MR) is 79.8 cm³/mol. The van der Waals surface area contributed by atoms with Crippen LogP contribution in [-0.2, 0) is 6.61 Å². The molecule has 0 atom stereocenters. The van der Waals surface area contributed by atoms with Gasteiger partial charge in [0.05, 0.1) is 0 Å². The van der Waals surface area contributed by atoms with E-state index in [-0.39, 0.29) is 11.7 Å². The average Bonchev–Trinajstić information content (AvgIpc) is 2.53. The molecule has 21 heavy (non-hydrogen) atoms. The summed E-state index contributed by atoms with van der Waals surface area (Å²) in [6.07, 6.45) is 0. The van der Waals surface area contributed by atoms with Gasteiger partial charge >= 0.3 is 0 Å². The van der Waals surface area contributed by atoms with Crippen LogP contribution in [0.3, 0.4) is 0 Å². The summed E-state index contributed by atoms with van der Waals surface area (Å²) < 4.78 is 18.5. The molecule has 0 unspecified atom stereocenters. The van der Waals surface area contributed by atoms with Crippen LogP contribution < -0.4 is 4.74 Å². The van der Waals surface area contributed by atoms with Gasteiger partial charge in [-0.1, -0.05) is 18.2 Å². The van der Waals surface area contributed by atoms with Crippen LogP contribution in [0.15, 0.2) is 48.5 Å². The maximum absolute atomic E-state index is 12.8. The van der Waals surface area contributed by atoms with Crippen molar-refractivity contribution in [1.29, 1.82) is 0 Å². The average molecular weight is 287 g/mol. The summed E-state index contributed by atoms with van der Waals surface area (Å²) in [5.41, 5.74) is 1.47. The minimum absolute atomic E-state index is 0.0373. The molecule has 3 nitrogen and oxygen atoms in total. The molecule has 0 aliphatic carbocycles. The second kappa shape index (κ2) is 6.88. The van der Waals surface area contributed by atoms with Gasteiger partial charge in [0.25, 0.3) is 5.91 Å². The van der Waals surface area contributed by atoms with Crippen molar-refractivity contribution in [1.82, 2.24) is 4.90 Å². The van der Waals surface area contributed by atoms with Crippen molar-refractivity contribution in [2.75, 3.05) is 13.6 Å². The highest BCUT2D eigenvalue weighted by molar-refractivity contribution is 5.94. The van der Waals surface area contributed by atoms with Crippen molar-refractivity contribution in [3.8, 4) is 5.75 Å². The summed E-state index contributed by atoms with van der Waals surface area (Å²) in [6, 6.07) is 13.2. The Morgan fingerprint density at radius 3 is 2.57 bits per heavy atom. The topological polar surface area (TPSA) is 29.5 Å². The summed E-state index contributed by atoms with van der Waals surface area (Å²) in [6.45, 7) is 2.91. The molecule has 0 saturated heterocycles. The zero-order valence-electron chi connectivity index (χ0n) is 12.2. The number of halogens is 1. The minimum Gasteiger partial charge on any atom is -0.489 e. The second-order valence-electron chi connectivity index (χ2n) is 4.76. The van der Waals surface area contributed by atoms with E-state index in [1.54, 1.807) is 48.3 Å². The molecular formula is C17H18FNO2. The van der Waals surface area contributed by atoms with E-state index < -0.39 is 0 Å². The highest BCUT2D eigenvalue weighted by atomic mass is 19.1. The van der Waals surface area contributed by atoms with E-state index in [9.17, 15) is 9.18 Å². The Morgan fingerprint density at radius 1 is 1.19 bits per heavy atom. The van der Waals surface area contributed by atoms with Crippen LogP contribution in [0, 0.1) is 5.82 Å². The van der Waals surface area contributed by atoms with Gasteiger partial charge < -0.3 is 9.64 Å². The molecule has 0 aromatic heterocycles. The molecule has 4 heteroatoms. The number of benzene rings is 2. The third kappa shape index (κ3) is 4.05. The molecule has 1 amide bonds. The molecular weight excluding hydrogens is 269 g/mol. The fourth-order valence-corrected chi connectivity index (χ4v) is 1.83. The van der Waals surface area contributed by atoms with Crippen LogP contribution in [0.4, 0.5) is 4.39 Å². The van der Waals surface area contributed by atoms with E-state index >= 15 is 0 Å². The van der Waals surface area contributed by atoms with E-state index in [4.69, 9.17) is 4.74 Å². The van der Waals surface area contributed by atoms with Crippen LogP contribution in [0.25, 0.3) is 0 Å². The summed E-state index contributed by atoms with van der Waals surface area (Å²) in [4.78, 5) is 13.7. The van der Waals surface area contributed by atoms with E-state index in [0.29, 0.717) is 24.5 Å². The molecule has 2 rings (SSSR count). The number of rotatable bonds is 5. The molecule has 110 valence electrons. The van der Waals surface area contributed by atoms with E-state index in [1.165, 1.54) is 12.1 Å². The Hall–Kier alpha value is -2.36. The van der Waals surface area contributed by atoms with Crippen LogP contribution >= 0.6 is 0 Å². The molecule has 0 fully saturated rings. The second-order valence-corrected chi connectivity index (χ2v) is 4.76. The summed E-state index contributed by atoms with van der Waals surface area (Å²) >= 11 is 0. The van der Waals surface area contributed by atoms with Gasteiger partial charge in [-0.15, -0.1) is 0 Å². The van der Waals surface area contributed by atoms with Crippen molar-refractivity contribution in [3.05, 3.63) is 65.5 Å². The van der Waals surface area contributed by atoms with Crippen molar-refractivity contribution in [2.24, 2.45) is 0 Å². The van der Waals surface area contributed by atoms with Crippen LogP contribution in [0.1, 0.15) is 22.8 Å². The largest absolute Gasteiger partial charge is 0.489 e. The molecule has 0 spiro atoms. The zero-order valence-corrected chi connectivity index (χ0v) is 12.2. The summed E-state index contributed by atoms with van der Waals surface area (Å²) in [7, 11) is 1.76. The molecule has 0 aliphatic rings. The Bertz CT molecular complexity index is 610. The van der Waals surface area contributed by atoms with E-state index in [0.717, 1.165) is 5.56 Å². The lowest BCUT2D eigenvalue weighted by Crippen LogP contribution is -2.26. The predicted octanol–water partition coefficient (Wildman–Crippen LogP) is 3.50. The van der Waals surface area contributed by atoms with Gasteiger partial charge in [0.15, 0.2) is 0 Å². The minimum atomic E-state index is -0.269. The molecule has 0 bridgehead atoms. The first kappa shape index (κ1) is 15.0. The Balaban J connectivity index is 2.04. The normalized spacial score (nSPS) is 10.2. The van der Waals surface area contributed by atoms with Gasteiger partial charge in [-0.25, -0.2) is 4.39 Å². The molecule has 0 saturated carbocycles. The SMILES string of the molecule is CCN(C)C(=O)c1cccc(OCc2ccc(F)cc2)c1. The van der Waals surface area contributed by atoms with Gasteiger partial charge in [-0.3, -0.25) is 4.79 Å². The van der Waals surface area contributed by atoms with Gasteiger partial charge in [-0.2, -0.15) is 0 Å². The number of hydrogen-bond acceptors (Lipinski definition) is 2. The van der Waals surface area contributed by atoms with Gasteiger partial charge in [0, 0.05) is 19.2 Å². The lowest BCUT2D eigenvalue weighted by atomic mass is 10.2. The molecule has 0 N–H and O–H groups in total. The third-order valence-electron chi connectivity index (χ3n) is 3.22. The molecule has 2 aromatic carbocycles. The Labute approximate surface area is 124 Å². The third-order valence-corrected chi connectivity index (χ3v) is 3.22. The first-order valence-corrected chi connectivity index (χ1v) is 6.83. The lowest BCUT2D eigenvalue weighted by Gasteiger charge is -2.15. The van der Waals surface area contributed by atoms with Crippen molar-refractivity contribution < 1.29 is 13.9 Å². The number of hydrogen-bond donors (Lipinski definition) is 0. The van der Waals surface area contributed by atoms with Gasteiger partial charge in [0.2, 0.25) is 0 Å². The van der Waals surface area contributed by atoms with E-state index in [1.807, 2.05) is 6.92 Å². The van der Waals surface area contributed by atoms with Crippen LogP contribution in [0.5, 0.6) is 5.75 Å². The van der Waals surface area contributed by atoms with Gasteiger partial charge in [-0.05, 0) is 42.8 Å². The number of carbonyl (C=O) groups is 1. The first-order valence-electron chi connectivity index (χ1n) is 6.83.